The maximum atomic E-state index is 11.5. The van der Waals surface area contributed by atoms with E-state index in [9.17, 15) is 4.79 Å². The van der Waals surface area contributed by atoms with Crippen molar-refractivity contribution in [2.45, 2.75) is 31.6 Å². The topological polar surface area (TPSA) is 67.8 Å². The summed E-state index contributed by atoms with van der Waals surface area (Å²) in [6, 6.07) is 9.80. The molecule has 1 saturated heterocycles. The molecule has 0 aromatic heterocycles. The maximum Gasteiger partial charge on any atom is 0.222 e. The zero-order valence-electron chi connectivity index (χ0n) is 11.5. The normalized spacial score (nSPS) is 22.4. The van der Waals surface area contributed by atoms with Crippen LogP contribution in [0.25, 0.3) is 0 Å². The highest BCUT2D eigenvalue weighted by Gasteiger charge is 2.27. The molecule has 1 fully saturated rings. The molecule has 5 heteroatoms. The van der Waals surface area contributed by atoms with E-state index in [1.54, 1.807) is 0 Å². The second-order valence-electron chi connectivity index (χ2n) is 4.85. The Bertz CT molecular complexity index is 410. The summed E-state index contributed by atoms with van der Waals surface area (Å²) in [6.45, 7) is 1.48. The molecule has 0 saturated carbocycles. The zero-order chi connectivity index (χ0) is 14.2. The molecule has 0 unspecified atom stereocenters. The fraction of sp³-hybridized carbons (Fsp3) is 0.533. The average Bonchev–Trinajstić information content (AvgIpc) is 2.48. The van der Waals surface area contributed by atoms with Crippen LogP contribution in [0, 0.1) is 0 Å². The Balaban J connectivity index is 1.85. The molecule has 1 aliphatic heterocycles. The zero-order valence-corrected chi connectivity index (χ0v) is 11.5. The Hall–Kier alpha value is -1.43. The van der Waals surface area contributed by atoms with Gasteiger partial charge < -0.3 is 19.9 Å². The third-order valence-electron chi connectivity index (χ3n) is 3.29. The highest BCUT2D eigenvalue weighted by Crippen LogP contribution is 2.14. The molecule has 5 nitrogen and oxygen atoms in total. The van der Waals surface area contributed by atoms with Gasteiger partial charge in [0, 0.05) is 13.0 Å². The monoisotopic (exact) mass is 279 g/mol. The van der Waals surface area contributed by atoms with Crippen molar-refractivity contribution in [3.05, 3.63) is 35.9 Å². The van der Waals surface area contributed by atoms with Crippen molar-refractivity contribution < 1.29 is 19.4 Å². The maximum absolute atomic E-state index is 11.5. The minimum Gasteiger partial charge on any atom is -0.396 e. The van der Waals surface area contributed by atoms with Crippen LogP contribution in [-0.2, 0) is 20.9 Å². The first kappa shape index (κ1) is 15.0. The van der Waals surface area contributed by atoms with Gasteiger partial charge in [-0.3, -0.25) is 4.79 Å². The lowest BCUT2D eigenvalue weighted by molar-refractivity contribution is -0.127. The van der Waals surface area contributed by atoms with Gasteiger partial charge in [-0.2, -0.15) is 0 Å². The van der Waals surface area contributed by atoms with Crippen molar-refractivity contribution in [1.29, 1.82) is 0 Å². The van der Waals surface area contributed by atoms with Crippen LogP contribution in [0.5, 0.6) is 0 Å². The summed E-state index contributed by atoms with van der Waals surface area (Å²) in [7, 11) is 0. The first-order valence-electron chi connectivity index (χ1n) is 6.93. The molecule has 0 radical (unpaired) electrons. The van der Waals surface area contributed by atoms with Gasteiger partial charge in [0.2, 0.25) is 5.91 Å². The molecule has 1 aliphatic rings. The Morgan fingerprint density at radius 1 is 1.40 bits per heavy atom. The minimum absolute atomic E-state index is 0.0494. The van der Waals surface area contributed by atoms with Crippen LogP contribution in [-0.4, -0.2) is 43.0 Å². The van der Waals surface area contributed by atoms with E-state index in [2.05, 4.69) is 5.32 Å². The van der Waals surface area contributed by atoms with Gasteiger partial charge in [0.25, 0.3) is 0 Å². The highest BCUT2D eigenvalue weighted by atomic mass is 16.5. The van der Waals surface area contributed by atoms with Gasteiger partial charge in [-0.1, -0.05) is 30.3 Å². The number of hydrogen-bond acceptors (Lipinski definition) is 4. The number of amides is 1. The third kappa shape index (κ3) is 4.59. The molecule has 1 amide bonds. The van der Waals surface area contributed by atoms with Gasteiger partial charge in [0.15, 0.2) is 0 Å². The van der Waals surface area contributed by atoms with Gasteiger partial charge in [0.1, 0.15) is 0 Å². The van der Waals surface area contributed by atoms with Crippen molar-refractivity contribution in [3.8, 4) is 0 Å². The van der Waals surface area contributed by atoms with E-state index in [-0.39, 0.29) is 31.1 Å². The molecule has 2 N–H and O–H groups in total. The van der Waals surface area contributed by atoms with Crippen molar-refractivity contribution in [3.63, 3.8) is 0 Å². The van der Waals surface area contributed by atoms with E-state index in [0.717, 1.165) is 12.0 Å². The van der Waals surface area contributed by atoms with Crippen molar-refractivity contribution in [1.82, 2.24) is 5.32 Å². The third-order valence-corrected chi connectivity index (χ3v) is 3.29. The van der Waals surface area contributed by atoms with Gasteiger partial charge in [-0.15, -0.1) is 0 Å². The van der Waals surface area contributed by atoms with Gasteiger partial charge >= 0.3 is 0 Å². The fourth-order valence-corrected chi connectivity index (χ4v) is 2.21. The van der Waals surface area contributed by atoms with E-state index in [1.807, 2.05) is 30.3 Å². The number of nitrogens with one attached hydrogen (secondary N) is 1. The molecular formula is C15H21NO4. The van der Waals surface area contributed by atoms with Crippen LogP contribution in [0.1, 0.15) is 18.4 Å². The lowest BCUT2D eigenvalue weighted by Crippen LogP contribution is -2.50. The molecule has 2 atom stereocenters. The quantitative estimate of drug-likeness (QED) is 0.810. The molecule has 0 bridgehead atoms. The molecule has 0 aliphatic carbocycles. The summed E-state index contributed by atoms with van der Waals surface area (Å²) in [5.41, 5.74) is 1.11. The van der Waals surface area contributed by atoms with Gasteiger partial charge in [0.05, 0.1) is 32.0 Å². The van der Waals surface area contributed by atoms with Crippen LogP contribution in [0.3, 0.4) is 0 Å². The van der Waals surface area contributed by atoms with E-state index in [1.165, 1.54) is 0 Å². The summed E-state index contributed by atoms with van der Waals surface area (Å²) < 4.78 is 11.3. The number of hydrogen-bond donors (Lipinski definition) is 2. The Morgan fingerprint density at radius 3 is 2.95 bits per heavy atom. The number of carbonyl (C=O) groups excluding carboxylic acids is 1. The summed E-state index contributed by atoms with van der Waals surface area (Å²) in [6.07, 6.45) is 0.824. The number of benzene rings is 1. The van der Waals surface area contributed by atoms with Crippen molar-refractivity contribution in [2.24, 2.45) is 0 Å². The van der Waals surface area contributed by atoms with Crippen LogP contribution < -0.4 is 5.32 Å². The van der Waals surface area contributed by atoms with Crippen LogP contribution in [0.4, 0.5) is 0 Å². The molecule has 1 aromatic carbocycles. The molecule has 20 heavy (non-hydrogen) atoms. The number of ether oxygens (including phenoxy) is 2. The first-order valence-corrected chi connectivity index (χ1v) is 6.93. The Kier molecular flexibility index (Phi) is 5.98. The summed E-state index contributed by atoms with van der Waals surface area (Å²) in [4.78, 5) is 11.5. The molecule has 110 valence electrons. The van der Waals surface area contributed by atoms with Gasteiger partial charge in [-0.05, 0) is 12.0 Å². The number of aliphatic hydroxyl groups is 1. The smallest absolute Gasteiger partial charge is 0.222 e. The molecule has 1 aromatic rings. The Labute approximate surface area is 118 Å². The predicted molar refractivity (Wildman–Crippen MR) is 74.1 cm³/mol. The van der Waals surface area contributed by atoms with E-state index in [4.69, 9.17) is 14.6 Å². The molecular weight excluding hydrogens is 258 g/mol. The summed E-state index contributed by atoms with van der Waals surface area (Å²) in [5.74, 6) is -0.170. The SMILES string of the molecule is O=C(CCO)N[C@@H]1COCC[C@@H]1OCc1ccccc1. The minimum atomic E-state index is -0.170. The van der Waals surface area contributed by atoms with E-state index >= 15 is 0 Å². The largest absolute Gasteiger partial charge is 0.396 e. The second kappa shape index (κ2) is 7.99. The van der Waals surface area contributed by atoms with Crippen LogP contribution in [0.2, 0.25) is 0 Å². The fourth-order valence-electron chi connectivity index (χ4n) is 2.21. The first-order chi connectivity index (χ1) is 9.79. The predicted octanol–water partition coefficient (Wildman–Crippen LogP) is 0.859. The van der Waals surface area contributed by atoms with E-state index in [0.29, 0.717) is 19.8 Å². The average molecular weight is 279 g/mol. The van der Waals surface area contributed by atoms with E-state index < -0.39 is 0 Å². The van der Waals surface area contributed by atoms with Crippen LogP contribution in [0.15, 0.2) is 30.3 Å². The number of carbonyl (C=O) groups is 1. The lowest BCUT2D eigenvalue weighted by atomic mass is 10.1. The summed E-state index contributed by atoms with van der Waals surface area (Å²) in [5, 5.41) is 11.6. The Morgan fingerprint density at radius 2 is 2.20 bits per heavy atom. The number of rotatable bonds is 6. The van der Waals surface area contributed by atoms with Gasteiger partial charge in [-0.25, -0.2) is 0 Å². The molecule has 0 spiro atoms. The molecule has 1 heterocycles. The standard InChI is InChI=1S/C15H21NO4/c17-8-6-15(18)16-13-11-19-9-7-14(13)20-10-12-4-2-1-3-5-12/h1-5,13-14,17H,6-11H2,(H,16,18)/t13-,14+/m1/s1. The van der Waals surface area contributed by atoms with Crippen molar-refractivity contribution >= 4 is 5.91 Å². The summed E-state index contributed by atoms with van der Waals surface area (Å²) >= 11 is 0. The number of aliphatic hydroxyl groups excluding tert-OH is 1. The van der Waals surface area contributed by atoms with Crippen molar-refractivity contribution in [2.75, 3.05) is 19.8 Å². The molecule has 2 rings (SSSR count). The second-order valence-corrected chi connectivity index (χ2v) is 4.85. The highest BCUT2D eigenvalue weighted by molar-refractivity contribution is 5.76. The lowest BCUT2D eigenvalue weighted by Gasteiger charge is -2.32. The van der Waals surface area contributed by atoms with Crippen LogP contribution >= 0.6 is 0 Å².